The van der Waals surface area contributed by atoms with Crippen LogP contribution in [0.15, 0.2) is 130 Å². The smallest absolute Gasteiger partial charge is 0.380 e. The normalized spacial score (nSPS) is 14.2. The molecule has 72 heavy (non-hydrogen) atoms. The number of sulfonamides is 1. The molecule has 0 spiro atoms. The fourth-order valence-electron chi connectivity index (χ4n) is 9.10. The van der Waals surface area contributed by atoms with Gasteiger partial charge in [-0.25, -0.2) is 21.2 Å². The quantitative estimate of drug-likeness (QED) is 0.0329. The first-order chi connectivity index (χ1) is 34.1. The molecule has 6 aromatic rings. The van der Waals surface area contributed by atoms with Gasteiger partial charge in [0.25, 0.3) is 19.9 Å². The predicted octanol–water partition coefficient (Wildman–Crippen LogP) is 10.9. The lowest BCUT2D eigenvalue weighted by Gasteiger charge is -2.37. The molecule has 7 rings (SSSR count). The van der Waals surface area contributed by atoms with Crippen molar-refractivity contribution in [2.75, 3.05) is 71.9 Å². The number of benzene rings is 5. The Kier molecular flexibility index (Phi) is 17.3. The van der Waals surface area contributed by atoms with Crippen molar-refractivity contribution in [3.05, 3.63) is 137 Å². The van der Waals surface area contributed by atoms with E-state index in [0.717, 1.165) is 34.8 Å². The summed E-state index contributed by atoms with van der Waals surface area (Å²) in [6.07, 6.45) is -1.37. The number of rotatable bonds is 20. The van der Waals surface area contributed by atoms with E-state index in [2.05, 4.69) is 33.7 Å². The first-order valence-corrected chi connectivity index (χ1v) is 27.8. The molecule has 5 aromatic carbocycles. The Balaban J connectivity index is 1.07. The number of halogens is 5. The third-order valence-corrected chi connectivity index (χ3v) is 16.8. The van der Waals surface area contributed by atoms with Gasteiger partial charge in [0.1, 0.15) is 10.7 Å². The van der Waals surface area contributed by atoms with Gasteiger partial charge in [0, 0.05) is 94.9 Å². The van der Waals surface area contributed by atoms with Gasteiger partial charge in [-0.05, 0) is 136 Å². The van der Waals surface area contributed by atoms with Crippen LogP contribution >= 0.6 is 23.4 Å². The number of piperazine rings is 1. The lowest BCUT2D eigenvalue weighted by atomic mass is 9.95. The van der Waals surface area contributed by atoms with Crippen LogP contribution in [0.25, 0.3) is 22.4 Å². The zero-order valence-electron chi connectivity index (χ0n) is 40.5. The van der Waals surface area contributed by atoms with Crippen LogP contribution in [0.1, 0.15) is 44.7 Å². The number of sulfone groups is 1. The Morgan fingerprint density at radius 3 is 2.06 bits per heavy atom. The minimum Gasteiger partial charge on any atom is -0.380 e. The van der Waals surface area contributed by atoms with E-state index in [1.807, 2.05) is 72.0 Å². The fourth-order valence-corrected chi connectivity index (χ4v) is 12.3. The summed E-state index contributed by atoms with van der Waals surface area (Å²) in [7, 11) is -8.69. The number of aliphatic hydroxyl groups excluding tert-OH is 1. The van der Waals surface area contributed by atoms with Gasteiger partial charge in [-0.2, -0.15) is 13.2 Å². The minimum atomic E-state index is -6.02. The average molecular weight is 1070 g/mol. The highest BCUT2D eigenvalue weighted by atomic mass is 35.5. The first-order valence-electron chi connectivity index (χ1n) is 23.4. The molecule has 1 aliphatic rings. The van der Waals surface area contributed by atoms with Crippen molar-refractivity contribution in [2.45, 2.75) is 73.2 Å². The Hall–Kier alpha value is -5.28. The van der Waals surface area contributed by atoms with Crippen LogP contribution in [-0.2, 0) is 26.4 Å². The topological polar surface area (TPSA) is 147 Å². The van der Waals surface area contributed by atoms with Gasteiger partial charge < -0.3 is 34.8 Å². The van der Waals surface area contributed by atoms with Crippen LogP contribution < -0.4 is 19.8 Å². The number of aliphatic hydroxyl groups is 2. The molecule has 0 saturated carbocycles. The monoisotopic (exact) mass is 1070 g/mol. The lowest BCUT2D eigenvalue weighted by Crippen LogP contribution is -2.46. The van der Waals surface area contributed by atoms with Crippen molar-refractivity contribution in [2.24, 2.45) is 5.92 Å². The van der Waals surface area contributed by atoms with Crippen molar-refractivity contribution in [3.8, 4) is 22.4 Å². The Morgan fingerprint density at radius 1 is 0.819 bits per heavy atom. The largest absolute Gasteiger partial charge is 0.501 e. The molecule has 0 amide bonds. The Bertz CT molecular complexity index is 3040. The molecule has 20 heteroatoms. The molecule has 1 aromatic heterocycles. The molecule has 1 fully saturated rings. The summed E-state index contributed by atoms with van der Waals surface area (Å²) in [5.41, 5.74) is -1.31. The number of thioether (sulfide) groups is 1. The molecule has 4 N–H and O–H groups in total. The van der Waals surface area contributed by atoms with Crippen LogP contribution in [0.5, 0.6) is 0 Å². The molecule has 0 bridgehead atoms. The number of anilines is 4. The highest BCUT2D eigenvalue weighted by Gasteiger charge is 2.48. The molecule has 1 atom stereocenters. The molecular formula is C52H59ClF4N6O6S3. The van der Waals surface area contributed by atoms with E-state index in [4.69, 9.17) is 11.6 Å². The summed E-state index contributed by atoms with van der Waals surface area (Å²) < 4.78 is 117. The number of alkyl halides is 3. The molecule has 0 radical (unpaired) electrons. The number of hydrogen-bond donors (Lipinski definition) is 4. The number of nitrogens with one attached hydrogen (secondary N) is 2. The van der Waals surface area contributed by atoms with E-state index in [1.54, 1.807) is 31.2 Å². The third kappa shape index (κ3) is 12.7. The summed E-state index contributed by atoms with van der Waals surface area (Å²) in [5.74, 6) is 0.243. The second-order valence-electron chi connectivity index (χ2n) is 18.2. The molecule has 0 unspecified atom stereocenters. The van der Waals surface area contributed by atoms with Crippen LogP contribution in [-0.4, -0.2) is 100 Å². The summed E-state index contributed by atoms with van der Waals surface area (Å²) >= 11 is 7.67. The van der Waals surface area contributed by atoms with Crippen molar-refractivity contribution in [1.82, 2.24) is 9.47 Å². The average Bonchev–Trinajstić information content (AvgIpc) is 3.64. The summed E-state index contributed by atoms with van der Waals surface area (Å²) in [4.78, 5) is 5.22. The van der Waals surface area contributed by atoms with E-state index in [9.17, 15) is 40.2 Å². The van der Waals surface area contributed by atoms with Gasteiger partial charge in [0.05, 0.1) is 16.3 Å². The second-order valence-corrected chi connectivity index (χ2v) is 23.3. The zero-order chi connectivity index (χ0) is 52.1. The predicted molar refractivity (Wildman–Crippen MR) is 281 cm³/mol. The number of hydrogen-bond acceptors (Lipinski definition) is 11. The van der Waals surface area contributed by atoms with Crippen molar-refractivity contribution >= 4 is 66.0 Å². The maximum absolute atomic E-state index is 15.6. The molecule has 386 valence electrons. The molecule has 2 heterocycles. The van der Waals surface area contributed by atoms with E-state index < -0.39 is 53.3 Å². The first kappa shape index (κ1) is 54.5. The van der Waals surface area contributed by atoms with Crippen molar-refractivity contribution in [3.63, 3.8) is 0 Å². The van der Waals surface area contributed by atoms with Crippen LogP contribution in [0, 0.1) is 18.7 Å². The van der Waals surface area contributed by atoms with E-state index in [0.29, 0.717) is 96.7 Å². The van der Waals surface area contributed by atoms with Crippen LogP contribution in [0.3, 0.4) is 0 Å². The third-order valence-electron chi connectivity index (χ3n) is 12.5. The molecule has 1 aliphatic heterocycles. The standard InChI is InChI=1S/C52H59ClF4N6O6S3/c1-6-63-35(4)48(51(64)65)49(50(63)36-12-14-38(53)15-13-36)37-28-39(54)30-43(29-37)62-26-24-61(25-27-62)42-18-16-40(17-19-42)59-72(68,69)45-20-21-46(47(31-45)71(66,67)52(55,56)57)58-41(22-23-60(5)32-34(2)3)33-70-44-10-8-7-9-11-44/h7-21,28-31,34,41,51,58-59,64-65H,6,22-27,32-33H2,1-5H3/t41-/m1/s1. The van der Waals surface area contributed by atoms with Gasteiger partial charge in [0.2, 0.25) is 0 Å². The van der Waals surface area contributed by atoms with E-state index in [-0.39, 0.29) is 16.9 Å². The van der Waals surface area contributed by atoms with Crippen LogP contribution in [0.4, 0.5) is 40.3 Å². The molecule has 1 saturated heterocycles. The molecule has 12 nitrogen and oxygen atoms in total. The van der Waals surface area contributed by atoms with Gasteiger partial charge in [-0.3, -0.25) is 4.72 Å². The lowest BCUT2D eigenvalue weighted by molar-refractivity contribution is -0.0438. The summed E-state index contributed by atoms with van der Waals surface area (Å²) in [6.45, 7) is 11.7. The second kappa shape index (κ2) is 22.9. The summed E-state index contributed by atoms with van der Waals surface area (Å²) in [6, 6.07) is 29.8. The van der Waals surface area contributed by atoms with E-state index in [1.165, 1.54) is 36.0 Å². The van der Waals surface area contributed by atoms with Gasteiger partial charge in [-0.15, -0.1) is 11.8 Å². The highest BCUT2D eigenvalue weighted by molar-refractivity contribution is 7.99. The van der Waals surface area contributed by atoms with Crippen molar-refractivity contribution in [1.29, 1.82) is 0 Å². The van der Waals surface area contributed by atoms with Crippen molar-refractivity contribution < 1.29 is 44.6 Å². The maximum atomic E-state index is 15.6. The fraction of sp³-hybridized carbons (Fsp3) is 0.346. The minimum absolute atomic E-state index is 0.0908. The van der Waals surface area contributed by atoms with Crippen LogP contribution in [0.2, 0.25) is 5.02 Å². The highest BCUT2D eigenvalue weighted by Crippen LogP contribution is 2.44. The van der Waals surface area contributed by atoms with Gasteiger partial charge in [0.15, 0.2) is 6.29 Å². The van der Waals surface area contributed by atoms with Gasteiger partial charge >= 0.3 is 5.51 Å². The Labute approximate surface area is 428 Å². The Morgan fingerprint density at radius 2 is 1.46 bits per heavy atom. The van der Waals surface area contributed by atoms with Gasteiger partial charge in [-0.1, -0.05) is 55.8 Å². The molecule has 0 aliphatic carbocycles. The SMILES string of the molecule is CCn1c(C)c(C(O)O)c(-c2cc(F)cc(N3CCN(c4ccc(NS(=O)(=O)c5ccc(N[C@H](CCN(C)CC(C)C)CSc6ccccc6)c(S(=O)(=O)C(F)(F)F)c5)cc4)CC3)c2)c1-c1ccc(Cl)cc1. The summed E-state index contributed by atoms with van der Waals surface area (Å²) in [5, 5.41) is 24.8. The zero-order valence-corrected chi connectivity index (χ0v) is 43.7. The molecular weight excluding hydrogens is 1010 g/mol. The van der Waals surface area contributed by atoms with E-state index >= 15 is 4.39 Å². The maximum Gasteiger partial charge on any atom is 0.501 e. The number of nitrogens with zero attached hydrogens (tertiary/aromatic N) is 4. The number of aromatic nitrogens is 1.